The molecule has 0 fully saturated rings. The monoisotopic (exact) mass is 506 g/mol. The molecule has 0 saturated heterocycles. The van der Waals surface area contributed by atoms with E-state index >= 15 is 0 Å². The molecule has 34 heavy (non-hydrogen) atoms. The molecule has 4 heteroatoms. The van der Waals surface area contributed by atoms with Gasteiger partial charge in [-0.25, -0.2) is 0 Å². The fourth-order valence-electron chi connectivity index (χ4n) is 3.66. The van der Waals surface area contributed by atoms with Gasteiger partial charge in [0.2, 0.25) is 0 Å². The van der Waals surface area contributed by atoms with Crippen molar-refractivity contribution in [1.29, 1.82) is 0 Å². The van der Waals surface area contributed by atoms with Crippen LogP contribution >= 0.6 is 0 Å². The Morgan fingerprint density at radius 1 is 0.500 bits per heavy atom. The molecule has 2 atom stereocenters. The Balaban J connectivity index is 5.05. The zero-order valence-electron chi connectivity index (χ0n) is 24.3. The van der Waals surface area contributed by atoms with Crippen molar-refractivity contribution in [3.8, 4) is 22.9 Å². The fourth-order valence-corrected chi connectivity index (χ4v) is 4.93. The van der Waals surface area contributed by atoms with Crippen molar-refractivity contribution in [1.82, 2.24) is 0 Å². The van der Waals surface area contributed by atoms with E-state index < -0.39 is 16.1 Å². The van der Waals surface area contributed by atoms with Gasteiger partial charge in [0.1, 0.15) is 16.1 Å². The normalized spacial score (nSPS) is 13.5. The number of rotatable bonds is 19. The number of hydrogen-bond donors (Lipinski definition) is 0. The van der Waals surface area contributed by atoms with E-state index in [4.69, 9.17) is 9.47 Å². The summed E-state index contributed by atoms with van der Waals surface area (Å²) in [5.74, 6) is 6.95. The molecular weight excluding hydrogens is 449 g/mol. The summed E-state index contributed by atoms with van der Waals surface area (Å²) in [6.07, 6.45) is 17.0. The number of unbranched alkanes of at least 4 members (excludes halogenated alkanes) is 10. The molecule has 0 aromatic rings. The lowest BCUT2D eigenvalue weighted by molar-refractivity contribution is -0.0700. The molecule has 0 bridgehead atoms. The summed E-state index contributed by atoms with van der Waals surface area (Å²) < 4.78 is 12.9. The smallest absolute Gasteiger partial charge is 0.129 e. The van der Waals surface area contributed by atoms with Crippen LogP contribution < -0.4 is 0 Å². The van der Waals surface area contributed by atoms with Crippen molar-refractivity contribution >= 4 is 16.1 Å². The van der Waals surface area contributed by atoms with Crippen molar-refractivity contribution in [2.45, 2.75) is 155 Å². The van der Waals surface area contributed by atoms with E-state index in [1.54, 1.807) is 0 Å². The van der Waals surface area contributed by atoms with Crippen molar-refractivity contribution in [2.24, 2.45) is 0 Å². The van der Waals surface area contributed by atoms with Crippen LogP contribution in [0.2, 0.25) is 39.3 Å². The Bertz CT molecular complexity index is 542. The molecule has 0 aromatic heterocycles. The lowest BCUT2D eigenvalue weighted by atomic mass is 10.1. The molecular formula is C30H58O2Si2. The SMILES string of the molecule is CCCCCCCCO[C@@H](CC#C[Si](C)(C)C)[C@H](CC#C[Si](C)(C)C)OCCCCCCCC. The first-order valence-corrected chi connectivity index (χ1v) is 21.3. The van der Waals surface area contributed by atoms with Gasteiger partial charge in [0.25, 0.3) is 0 Å². The van der Waals surface area contributed by atoms with Gasteiger partial charge in [-0.2, -0.15) is 0 Å². The van der Waals surface area contributed by atoms with Crippen molar-refractivity contribution < 1.29 is 9.47 Å². The fraction of sp³-hybridized carbons (Fsp3) is 0.867. The maximum Gasteiger partial charge on any atom is 0.129 e. The first-order chi connectivity index (χ1) is 16.1. The zero-order valence-corrected chi connectivity index (χ0v) is 26.3. The molecule has 0 N–H and O–H groups in total. The summed E-state index contributed by atoms with van der Waals surface area (Å²) in [4.78, 5) is 0. The summed E-state index contributed by atoms with van der Waals surface area (Å²) in [6, 6.07) is 0. The summed E-state index contributed by atoms with van der Waals surface area (Å²) >= 11 is 0. The van der Waals surface area contributed by atoms with Gasteiger partial charge in [0.05, 0.1) is 12.2 Å². The first-order valence-electron chi connectivity index (χ1n) is 14.3. The van der Waals surface area contributed by atoms with Crippen LogP contribution in [0.1, 0.15) is 104 Å². The van der Waals surface area contributed by atoms with Crippen molar-refractivity contribution in [2.75, 3.05) is 13.2 Å². The van der Waals surface area contributed by atoms with Gasteiger partial charge < -0.3 is 9.47 Å². The second-order valence-electron chi connectivity index (χ2n) is 11.9. The van der Waals surface area contributed by atoms with E-state index in [-0.39, 0.29) is 12.2 Å². The van der Waals surface area contributed by atoms with Crippen LogP contribution in [-0.2, 0) is 9.47 Å². The molecule has 0 aromatic carbocycles. The number of hydrogen-bond acceptors (Lipinski definition) is 2. The molecule has 0 unspecified atom stereocenters. The third-order valence-electron chi connectivity index (χ3n) is 5.61. The predicted molar refractivity (Wildman–Crippen MR) is 158 cm³/mol. The second kappa shape index (κ2) is 20.6. The molecule has 0 saturated carbocycles. The molecule has 0 radical (unpaired) electrons. The Labute approximate surface area is 216 Å². The Morgan fingerprint density at radius 3 is 1.15 bits per heavy atom. The van der Waals surface area contributed by atoms with E-state index in [9.17, 15) is 0 Å². The zero-order chi connectivity index (χ0) is 25.7. The predicted octanol–water partition coefficient (Wildman–Crippen LogP) is 9.02. The van der Waals surface area contributed by atoms with Crippen LogP contribution in [0.15, 0.2) is 0 Å². The van der Waals surface area contributed by atoms with Gasteiger partial charge in [-0.15, -0.1) is 22.9 Å². The third-order valence-corrected chi connectivity index (χ3v) is 7.46. The molecule has 0 aliphatic carbocycles. The first kappa shape index (κ1) is 33.5. The third kappa shape index (κ3) is 23.2. The second-order valence-corrected chi connectivity index (χ2v) is 21.4. The average molecular weight is 507 g/mol. The highest BCUT2D eigenvalue weighted by molar-refractivity contribution is 6.84. The summed E-state index contributed by atoms with van der Waals surface area (Å²) in [7, 11) is -2.79. The molecule has 0 amide bonds. The van der Waals surface area contributed by atoms with Crippen LogP contribution in [0.25, 0.3) is 0 Å². The summed E-state index contributed by atoms with van der Waals surface area (Å²) in [5, 5.41) is 0. The lowest BCUT2D eigenvalue weighted by Gasteiger charge is -2.25. The summed E-state index contributed by atoms with van der Waals surface area (Å²) in [5.41, 5.74) is 7.06. The molecule has 198 valence electrons. The quantitative estimate of drug-likeness (QED) is 0.0988. The average Bonchev–Trinajstić information content (AvgIpc) is 2.74. The van der Waals surface area contributed by atoms with Crippen molar-refractivity contribution in [3.05, 3.63) is 0 Å². The number of ether oxygens (including phenoxy) is 2. The summed E-state index contributed by atoms with van der Waals surface area (Å²) in [6.45, 7) is 20.0. The molecule has 0 spiro atoms. The maximum atomic E-state index is 6.45. The highest BCUT2D eigenvalue weighted by Gasteiger charge is 2.22. The van der Waals surface area contributed by atoms with Crippen molar-refractivity contribution in [3.63, 3.8) is 0 Å². The van der Waals surface area contributed by atoms with E-state index in [0.29, 0.717) is 0 Å². The Morgan fingerprint density at radius 2 is 0.824 bits per heavy atom. The molecule has 2 nitrogen and oxygen atoms in total. The minimum Gasteiger partial charge on any atom is -0.374 e. The van der Waals surface area contributed by atoms with Gasteiger partial charge in [-0.05, 0) is 12.8 Å². The Kier molecular flexibility index (Phi) is 20.3. The molecule has 0 heterocycles. The van der Waals surface area contributed by atoms with Gasteiger partial charge in [0.15, 0.2) is 0 Å². The van der Waals surface area contributed by atoms with Crippen LogP contribution in [-0.4, -0.2) is 41.6 Å². The largest absolute Gasteiger partial charge is 0.374 e. The van der Waals surface area contributed by atoms with E-state index in [1.807, 2.05) is 0 Å². The van der Waals surface area contributed by atoms with Crippen LogP contribution in [0.4, 0.5) is 0 Å². The lowest BCUT2D eigenvalue weighted by Crippen LogP contribution is -2.32. The van der Waals surface area contributed by atoms with Crippen LogP contribution in [0.5, 0.6) is 0 Å². The topological polar surface area (TPSA) is 18.5 Å². The van der Waals surface area contributed by atoms with E-state index in [0.717, 1.165) is 38.9 Å². The van der Waals surface area contributed by atoms with Gasteiger partial charge >= 0.3 is 0 Å². The minimum atomic E-state index is -1.39. The molecule has 0 rings (SSSR count). The highest BCUT2D eigenvalue weighted by atomic mass is 28.3. The van der Waals surface area contributed by atoms with Crippen LogP contribution in [0.3, 0.4) is 0 Å². The molecule has 0 aliphatic rings. The van der Waals surface area contributed by atoms with Gasteiger partial charge in [0, 0.05) is 26.1 Å². The minimum absolute atomic E-state index is 0.0236. The standard InChI is InChI=1S/C30H58O2Si2/c1-9-11-13-15-17-19-25-31-29(23-21-27-33(3,4)5)30(24-22-28-34(6,7)8)32-26-20-18-16-14-12-10-2/h29-30H,9-20,23-26H2,1-8H3/t29-,30-/m0/s1. The van der Waals surface area contributed by atoms with Gasteiger partial charge in [-0.3, -0.25) is 0 Å². The van der Waals surface area contributed by atoms with E-state index in [1.165, 1.54) is 64.2 Å². The Hall–Kier alpha value is -0.526. The van der Waals surface area contributed by atoms with Crippen LogP contribution in [0, 0.1) is 22.9 Å². The maximum absolute atomic E-state index is 6.45. The van der Waals surface area contributed by atoms with E-state index in [2.05, 4.69) is 76.1 Å². The van der Waals surface area contributed by atoms with Gasteiger partial charge in [-0.1, -0.05) is 117 Å². The highest BCUT2D eigenvalue weighted by Crippen LogP contribution is 2.16. The molecule has 0 aliphatic heterocycles.